The highest BCUT2D eigenvalue weighted by molar-refractivity contribution is 7.92. The van der Waals surface area contributed by atoms with Crippen LogP contribution in [-0.2, 0) is 26.2 Å². The molecule has 0 aromatic heterocycles. The molecule has 1 atom stereocenters. The van der Waals surface area contributed by atoms with Crippen LogP contribution in [0.1, 0.15) is 18.9 Å². The SMILES string of the molecule is CC[C@H](C(=O)NC)N(Cc1ccc(Cl)c(Cl)c1)C(=O)CN(c1cccc(Cl)c1)S(=O)(=O)c1ccc(OC)cc1. The van der Waals surface area contributed by atoms with E-state index in [4.69, 9.17) is 39.5 Å². The van der Waals surface area contributed by atoms with Gasteiger partial charge in [0.15, 0.2) is 0 Å². The fraction of sp³-hybridized carbons (Fsp3) is 0.259. The number of methoxy groups -OCH3 is 1. The summed E-state index contributed by atoms with van der Waals surface area (Å²) in [7, 11) is -1.29. The van der Waals surface area contributed by atoms with Crippen LogP contribution in [0.2, 0.25) is 15.1 Å². The number of amides is 2. The minimum absolute atomic E-state index is 0.00633. The van der Waals surface area contributed by atoms with Crippen LogP contribution in [0.3, 0.4) is 0 Å². The highest BCUT2D eigenvalue weighted by Gasteiger charge is 2.33. The molecule has 12 heteroatoms. The van der Waals surface area contributed by atoms with Crippen molar-refractivity contribution in [3.63, 3.8) is 0 Å². The zero-order valence-electron chi connectivity index (χ0n) is 21.5. The van der Waals surface area contributed by atoms with Crippen LogP contribution >= 0.6 is 34.8 Å². The summed E-state index contributed by atoms with van der Waals surface area (Å²) in [5.41, 5.74) is 0.807. The molecule has 0 unspecified atom stereocenters. The lowest BCUT2D eigenvalue weighted by atomic mass is 10.1. The smallest absolute Gasteiger partial charge is 0.264 e. The second kappa shape index (κ2) is 13.4. The van der Waals surface area contributed by atoms with Crippen molar-refractivity contribution in [2.45, 2.75) is 30.8 Å². The molecule has 2 amide bonds. The zero-order valence-corrected chi connectivity index (χ0v) is 24.6. The van der Waals surface area contributed by atoms with E-state index in [-0.39, 0.29) is 28.6 Å². The number of hydrogen-bond acceptors (Lipinski definition) is 5. The van der Waals surface area contributed by atoms with Crippen LogP contribution in [0, 0.1) is 0 Å². The zero-order chi connectivity index (χ0) is 28.7. The summed E-state index contributed by atoms with van der Waals surface area (Å²) < 4.78 is 33.8. The number of anilines is 1. The maximum Gasteiger partial charge on any atom is 0.264 e. The van der Waals surface area contributed by atoms with Gasteiger partial charge in [-0.1, -0.05) is 53.9 Å². The molecule has 0 bridgehead atoms. The number of benzene rings is 3. The van der Waals surface area contributed by atoms with Gasteiger partial charge in [0.2, 0.25) is 11.8 Å². The summed E-state index contributed by atoms with van der Waals surface area (Å²) in [5.74, 6) is -0.518. The Morgan fingerprint density at radius 3 is 2.23 bits per heavy atom. The molecule has 0 aliphatic heterocycles. The average molecular weight is 613 g/mol. The lowest BCUT2D eigenvalue weighted by Crippen LogP contribution is -2.51. The van der Waals surface area contributed by atoms with E-state index in [2.05, 4.69) is 5.32 Å². The molecule has 0 radical (unpaired) electrons. The molecule has 0 heterocycles. The molecule has 0 aliphatic carbocycles. The number of carbonyl (C=O) groups is 2. The molecular formula is C27H28Cl3N3O5S. The number of halogens is 3. The molecule has 3 aromatic rings. The summed E-state index contributed by atoms with van der Waals surface area (Å²) in [6.07, 6.45) is 0.287. The first-order valence-electron chi connectivity index (χ1n) is 11.9. The molecule has 3 aromatic carbocycles. The van der Waals surface area contributed by atoms with E-state index in [0.29, 0.717) is 21.4 Å². The summed E-state index contributed by atoms with van der Waals surface area (Å²) in [5, 5.41) is 3.50. The summed E-state index contributed by atoms with van der Waals surface area (Å²) in [6.45, 7) is 1.16. The van der Waals surface area contributed by atoms with Crippen molar-refractivity contribution in [3.05, 3.63) is 87.4 Å². The molecule has 0 spiro atoms. The Morgan fingerprint density at radius 1 is 0.974 bits per heavy atom. The fourth-order valence-electron chi connectivity index (χ4n) is 3.96. The van der Waals surface area contributed by atoms with Crippen LogP contribution in [-0.4, -0.2) is 51.9 Å². The first-order chi connectivity index (χ1) is 18.5. The maximum atomic E-state index is 13.9. The summed E-state index contributed by atoms with van der Waals surface area (Å²) in [6, 6.07) is 16.0. The normalized spacial score (nSPS) is 11.9. The van der Waals surface area contributed by atoms with Crippen LogP contribution in [0.25, 0.3) is 0 Å². The Labute approximate surface area is 243 Å². The van der Waals surface area contributed by atoms with E-state index in [9.17, 15) is 18.0 Å². The summed E-state index contributed by atoms with van der Waals surface area (Å²) in [4.78, 5) is 27.9. The summed E-state index contributed by atoms with van der Waals surface area (Å²) >= 11 is 18.4. The van der Waals surface area contributed by atoms with Crippen molar-refractivity contribution in [1.29, 1.82) is 0 Å². The number of nitrogens with one attached hydrogen (secondary N) is 1. The van der Waals surface area contributed by atoms with Gasteiger partial charge in [-0.3, -0.25) is 13.9 Å². The quantitative estimate of drug-likeness (QED) is 0.313. The van der Waals surface area contributed by atoms with Crippen LogP contribution in [0.5, 0.6) is 5.75 Å². The fourth-order valence-corrected chi connectivity index (χ4v) is 5.87. The van der Waals surface area contributed by atoms with Gasteiger partial charge < -0.3 is 15.0 Å². The van der Waals surface area contributed by atoms with Crippen molar-refractivity contribution in [2.24, 2.45) is 0 Å². The topological polar surface area (TPSA) is 96.0 Å². The van der Waals surface area contributed by atoms with Gasteiger partial charge in [-0.2, -0.15) is 0 Å². The molecule has 0 fully saturated rings. The van der Waals surface area contributed by atoms with Crippen LogP contribution in [0.15, 0.2) is 71.6 Å². The van der Waals surface area contributed by atoms with Crippen molar-refractivity contribution < 1.29 is 22.7 Å². The van der Waals surface area contributed by atoms with E-state index in [1.54, 1.807) is 43.3 Å². The van der Waals surface area contributed by atoms with E-state index in [1.165, 1.54) is 49.4 Å². The van der Waals surface area contributed by atoms with Crippen molar-refractivity contribution in [2.75, 3.05) is 25.0 Å². The van der Waals surface area contributed by atoms with Crippen LogP contribution in [0.4, 0.5) is 5.69 Å². The molecule has 0 saturated heterocycles. The minimum Gasteiger partial charge on any atom is -0.497 e. The number of carbonyl (C=O) groups excluding carboxylic acids is 2. The molecule has 8 nitrogen and oxygen atoms in total. The van der Waals surface area contributed by atoms with E-state index in [0.717, 1.165) is 4.31 Å². The molecule has 0 aliphatic rings. The highest BCUT2D eigenvalue weighted by Crippen LogP contribution is 2.28. The number of sulfonamides is 1. The van der Waals surface area contributed by atoms with E-state index < -0.39 is 34.4 Å². The minimum atomic E-state index is -4.24. The average Bonchev–Trinajstić information content (AvgIpc) is 2.93. The predicted molar refractivity (Wildman–Crippen MR) is 154 cm³/mol. The Morgan fingerprint density at radius 2 is 1.67 bits per heavy atom. The highest BCUT2D eigenvalue weighted by atomic mass is 35.5. The molecule has 1 N–H and O–H groups in total. The van der Waals surface area contributed by atoms with Crippen molar-refractivity contribution >= 4 is 62.3 Å². The third-order valence-electron chi connectivity index (χ3n) is 5.99. The van der Waals surface area contributed by atoms with Gasteiger partial charge in [0.1, 0.15) is 18.3 Å². The number of nitrogens with zero attached hydrogens (tertiary/aromatic N) is 2. The van der Waals surface area contributed by atoms with Crippen molar-refractivity contribution in [1.82, 2.24) is 10.2 Å². The Bertz CT molecular complexity index is 1430. The Balaban J connectivity index is 2.07. The van der Waals surface area contributed by atoms with Crippen LogP contribution < -0.4 is 14.4 Å². The molecule has 0 saturated carbocycles. The van der Waals surface area contributed by atoms with E-state index >= 15 is 0 Å². The first-order valence-corrected chi connectivity index (χ1v) is 14.5. The predicted octanol–water partition coefficient (Wildman–Crippen LogP) is 5.40. The van der Waals surface area contributed by atoms with Gasteiger partial charge >= 0.3 is 0 Å². The molecular weight excluding hydrogens is 585 g/mol. The van der Waals surface area contributed by atoms with Gasteiger partial charge in [-0.15, -0.1) is 0 Å². The van der Waals surface area contributed by atoms with Gasteiger partial charge in [0.05, 0.1) is 27.7 Å². The number of likely N-dealkylation sites (N-methyl/N-ethyl adjacent to an activating group) is 1. The molecule has 39 heavy (non-hydrogen) atoms. The van der Waals surface area contributed by atoms with Gasteiger partial charge in [-0.25, -0.2) is 8.42 Å². The monoisotopic (exact) mass is 611 g/mol. The number of hydrogen-bond donors (Lipinski definition) is 1. The van der Waals surface area contributed by atoms with Crippen molar-refractivity contribution in [3.8, 4) is 5.75 Å². The number of rotatable bonds is 11. The maximum absolute atomic E-state index is 13.9. The second-order valence-corrected chi connectivity index (χ2v) is 11.6. The molecule has 208 valence electrons. The lowest BCUT2D eigenvalue weighted by Gasteiger charge is -2.33. The first kappa shape index (κ1) is 30.6. The third kappa shape index (κ3) is 7.36. The van der Waals surface area contributed by atoms with Gasteiger partial charge in [0.25, 0.3) is 10.0 Å². The van der Waals surface area contributed by atoms with E-state index in [1.807, 2.05) is 0 Å². The van der Waals surface area contributed by atoms with Gasteiger partial charge in [0, 0.05) is 18.6 Å². The third-order valence-corrected chi connectivity index (χ3v) is 8.75. The lowest BCUT2D eigenvalue weighted by molar-refractivity contribution is -0.140. The molecule has 3 rings (SSSR count). The number of ether oxygens (including phenoxy) is 1. The Hall–Kier alpha value is -2.98. The largest absolute Gasteiger partial charge is 0.497 e. The Kier molecular flexibility index (Phi) is 10.5. The standard InChI is InChI=1S/C27H28Cl3N3O5S/c1-4-25(27(35)31-2)32(16-18-8-13-23(29)24(30)14-18)26(34)17-33(20-7-5-6-19(28)15-20)39(36,37)22-11-9-21(38-3)10-12-22/h5-15,25H,4,16-17H2,1-3H3,(H,31,35)/t25-/m1/s1. The second-order valence-electron chi connectivity index (χ2n) is 8.48. The van der Waals surface area contributed by atoms with Gasteiger partial charge in [-0.05, 0) is 66.6 Å².